The fraction of sp³-hybridized carbons (Fsp3) is 0.125. The van der Waals surface area contributed by atoms with Gasteiger partial charge in [0.1, 0.15) is 5.75 Å². The van der Waals surface area contributed by atoms with Gasteiger partial charge >= 0.3 is 0 Å². The number of hydrogen-bond acceptors (Lipinski definition) is 7. The minimum Gasteiger partial charge on any atom is -0.484 e. The first-order valence-corrected chi connectivity index (χ1v) is 8.11. The lowest BCUT2D eigenvalue weighted by atomic mass is 10.3. The molecule has 24 heavy (non-hydrogen) atoms. The van der Waals surface area contributed by atoms with Crippen molar-refractivity contribution in [2.75, 3.05) is 11.1 Å². The van der Waals surface area contributed by atoms with E-state index in [1.165, 1.54) is 0 Å². The number of nitrogens with one attached hydrogen (secondary N) is 1. The lowest BCUT2D eigenvalue weighted by Gasteiger charge is -2.02. The van der Waals surface area contributed by atoms with Crippen LogP contribution in [0.2, 0.25) is 0 Å². The van der Waals surface area contributed by atoms with Crippen molar-refractivity contribution < 1.29 is 13.9 Å². The molecule has 0 saturated heterocycles. The molecule has 1 amide bonds. The fourth-order valence-electron chi connectivity index (χ4n) is 1.78. The van der Waals surface area contributed by atoms with Gasteiger partial charge in [0, 0.05) is 6.20 Å². The second-order valence-electron chi connectivity index (χ2n) is 4.64. The number of aromatic nitrogens is 3. The first-order valence-electron chi connectivity index (χ1n) is 7.12. The number of carbonyl (C=O) groups is 1. The van der Waals surface area contributed by atoms with E-state index in [2.05, 4.69) is 20.5 Å². The van der Waals surface area contributed by atoms with E-state index in [1.807, 2.05) is 30.3 Å². The molecule has 0 atom stereocenters. The average molecular weight is 342 g/mol. The Morgan fingerprint density at radius 1 is 1.17 bits per heavy atom. The lowest BCUT2D eigenvalue weighted by Crippen LogP contribution is -2.14. The number of hydrogen-bond donors (Lipinski definition) is 1. The molecule has 0 bridgehead atoms. The van der Waals surface area contributed by atoms with Crippen molar-refractivity contribution in [3.63, 3.8) is 0 Å². The van der Waals surface area contributed by atoms with Crippen molar-refractivity contribution >= 4 is 23.4 Å². The van der Waals surface area contributed by atoms with Crippen LogP contribution in [0.25, 0.3) is 0 Å². The summed E-state index contributed by atoms with van der Waals surface area (Å²) < 4.78 is 10.9. The highest BCUT2D eigenvalue weighted by molar-refractivity contribution is 7.99. The number of benzene rings is 1. The lowest BCUT2D eigenvalue weighted by molar-refractivity contribution is -0.113. The van der Waals surface area contributed by atoms with Crippen molar-refractivity contribution in [2.24, 2.45) is 0 Å². The molecule has 0 aliphatic carbocycles. The van der Waals surface area contributed by atoms with Crippen LogP contribution in [-0.2, 0) is 11.4 Å². The summed E-state index contributed by atoms with van der Waals surface area (Å²) in [5.41, 5.74) is 0.644. The zero-order valence-corrected chi connectivity index (χ0v) is 13.4. The van der Waals surface area contributed by atoms with Crippen LogP contribution in [0.15, 0.2) is 64.5 Å². The number of nitrogens with zero attached hydrogens (tertiary/aromatic N) is 3. The summed E-state index contributed by atoms with van der Waals surface area (Å²) in [5, 5.41) is 10.8. The highest BCUT2D eigenvalue weighted by atomic mass is 32.2. The molecule has 0 unspecified atom stereocenters. The Kier molecular flexibility index (Phi) is 5.41. The van der Waals surface area contributed by atoms with E-state index in [4.69, 9.17) is 9.15 Å². The molecule has 0 spiro atoms. The molecule has 0 saturated carbocycles. The number of amides is 1. The Morgan fingerprint density at radius 3 is 2.83 bits per heavy atom. The molecule has 0 aliphatic heterocycles. The second kappa shape index (κ2) is 8.11. The van der Waals surface area contributed by atoms with E-state index in [1.54, 1.807) is 24.5 Å². The predicted molar refractivity (Wildman–Crippen MR) is 88.7 cm³/mol. The summed E-state index contributed by atoms with van der Waals surface area (Å²) in [5.74, 6) is 1.07. The molecule has 0 radical (unpaired) electrons. The van der Waals surface area contributed by atoms with Gasteiger partial charge < -0.3 is 14.5 Å². The minimum absolute atomic E-state index is 0.163. The van der Waals surface area contributed by atoms with Crippen LogP contribution in [0.3, 0.4) is 0 Å². The molecule has 0 fully saturated rings. The maximum absolute atomic E-state index is 11.8. The van der Waals surface area contributed by atoms with Gasteiger partial charge in [-0.05, 0) is 24.3 Å². The van der Waals surface area contributed by atoms with Crippen LogP contribution in [0, 0.1) is 0 Å². The van der Waals surface area contributed by atoms with Gasteiger partial charge in [-0.25, -0.2) is 0 Å². The Morgan fingerprint density at radius 2 is 2.04 bits per heavy atom. The molecular formula is C16H14N4O3S. The Labute approximate surface area is 142 Å². The smallest absolute Gasteiger partial charge is 0.277 e. The minimum atomic E-state index is -0.173. The van der Waals surface area contributed by atoms with Gasteiger partial charge in [0.15, 0.2) is 6.61 Å². The highest BCUT2D eigenvalue weighted by Crippen LogP contribution is 2.18. The Hall–Kier alpha value is -2.87. The zero-order chi connectivity index (χ0) is 16.6. The summed E-state index contributed by atoms with van der Waals surface area (Å²) in [4.78, 5) is 15.8. The molecule has 1 N–H and O–H groups in total. The molecule has 8 heteroatoms. The number of anilines is 1. The highest BCUT2D eigenvalue weighted by Gasteiger charge is 2.10. The molecule has 2 aromatic heterocycles. The van der Waals surface area contributed by atoms with Crippen LogP contribution in [-0.4, -0.2) is 26.8 Å². The van der Waals surface area contributed by atoms with Gasteiger partial charge in [0.25, 0.3) is 11.1 Å². The third-order valence-electron chi connectivity index (χ3n) is 2.83. The summed E-state index contributed by atoms with van der Waals surface area (Å²) >= 11 is 1.16. The quantitative estimate of drug-likeness (QED) is 0.660. The Balaban J connectivity index is 1.45. The SMILES string of the molecule is O=C(CSc1nnc(COc2ccccc2)o1)Nc1cccnc1. The number of thioether (sulfide) groups is 1. The number of ether oxygens (including phenoxy) is 1. The van der Waals surface area contributed by atoms with E-state index in [0.29, 0.717) is 16.8 Å². The first kappa shape index (κ1) is 16.0. The van der Waals surface area contributed by atoms with E-state index in [-0.39, 0.29) is 18.3 Å². The predicted octanol–water partition coefficient (Wildman–Crippen LogP) is 2.77. The summed E-state index contributed by atoms with van der Waals surface area (Å²) in [6.07, 6.45) is 3.22. The van der Waals surface area contributed by atoms with Gasteiger partial charge in [-0.3, -0.25) is 9.78 Å². The first-order chi connectivity index (χ1) is 11.8. The van der Waals surface area contributed by atoms with E-state index < -0.39 is 0 Å². The number of pyridine rings is 1. The van der Waals surface area contributed by atoms with Crippen LogP contribution in [0.5, 0.6) is 5.75 Å². The van der Waals surface area contributed by atoms with Crippen LogP contribution >= 0.6 is 11.8 Å². The molecule has 2 heterocycles. The second-order valence-corrected chi connectivity index (χ2v) is 5.57. The topological polar surface area (TPSA) is 90.1 Å². The third-order valence-corrected chi connectivity index (χ3v) is 3.64. The third kappa shape index (κ3) is 4.82. The summed E-state index contributed by atoms with van der Waals surface area (Å²) in [7, 11) is 0. The molecular weight excluding hydrogens is 328 g/mol. The van der Waals surface area contributed by atoms with Crippen LogP contribution in [0.4, 0.5) is 5.69 Å². The van der Waals surface area contributed by atoms with E-state index in [9.17, 15) is 4.79 Å². The van der Waals surface area contributed by atoms with E-state index in [0.717, 1.165) is 17.5 Å². The molecule has 0 aliphatic rings. The van der Waals surface area contributed by atoms with Gasteiger partial charge in [0.2, 0.25) is 5.91 Å². The fourth-order valence-corrected chi connectivity index (χ4v) is 2.36. The Bertz CT molecular complexity index is 780. The van der Waals surface area contributed by atoms with Gasteiger partial charge in [-0.1, -0.05) is 30.0 Å². The van der Waals surface area contributed by atoms with E-state index >= 15 is 0 Å². The normalized spacial score (nSPS) is 10.3. The standard InChI is InChI=1S/C16H14N4O3S/c21-14(18-12-5-4-8-17-9-12)11-24-16-20-19-15(23-16)10-22-13-6-2-1-3-7-13/h1-9H,10-11H2,(H,18,21). The van der Waals surface area contributed by atoms with Crippen LogP contribution in [0.1, 0.15) is 5.89 Å². The van der Waals surface area contributed by atoms with Crippen molar-refractivity contribution in [1.82, 2.24) is 15.2 Å². The zero-order valence-electron chi connectivity index (χ0n) is 12.6. The molecule has 122 valence electrons. The largest absolute Gasteiger partial charge is 0.484 e. The average Bonchev–Trinajstić information content (AvgIpc) is 3.08. The van der Waals surface area contributed by atoms with Crippen LogP contribution < -0.4 is 10.1 Å². The van der Waals surface area contributed by atoms with Gasteiger partial charge in [-0.15, -0.1) is 10.2 Å². The monoisotopic (exact) mass is 342 g/mol. The number of para-hydroxylation sites is 1. The van der Waals surface area contributed by atoms with Gasteiger partial charge in [-0.2, -0.15) is 0 Å². The van der Waals surface area contributed by atoms with Crippen molar-refractivity contribution in [1.29, 1.82) is 0 Å². The van der Waals surface area contributed by atoms with Gasteiger partial charge in [0.05, 0.1) is 17.6 Å². The van der Waals surface area contributed by atoms with Crippen molar-refractivity contribution in [3.05, 3.63) is 60.7 Å². The maximum atomic E-state index is 11.8. The molecule has 3 rings (SSSR count). The molecule has 3 aromatic rings. The summed E-state index contributed by atoms with van der Waals surface area (Å²) in [6.45, 7) is 0.180. The molecule has 1 aromatic carbocycles. The number of rotatable bonds is 7. The van der Waals surface area contributed by atoms with Crippen molar-refractivity contribution in [2.45, 2.75) is 11.8 Å². The maximum Gasteiger partial charge on any atom is 0.277 e. The number of carbonyl (C=O) groups excluding carboxylic acids is 1. The van der Waals surface area contributed by atoms with Crippen molar-refractivity contribution in [3.8, 4) is 5.75 Å². The molecule has 7 nitrogen and oxygen atoms in total. The summed E-state index contributed by atoms with van der Waals surface area (Å²) in [6, 6.07) is 12.9.